The zero-order chi connectivity index (χ0) is 23.2. The number of allylic oxidation sites excluding steroid dienone is 2. The van der Waals surface area contributed by atoms with E-state index >= 15 is 4.39 Å². The normalized spacial score (nSPS) is 25.3. The zero-order valence-corrected chi connectivity index (χ0v) is 16.3. The third-order valence-electron chi connectivity index (χ3n) is 4.09. The van der Waals surface area contributed by atoms with Crippen molar-refractivity contribution in [2.45, 2.75) is 31.3 Å². The maximum atomic E-state index is 15.0. The SMILES string of the molecule is C=CCOCC=C.CC(C)=C1C(F)(OF)C(F)=C(F)C(F)(c2ccccc2)C1(F)F. The van der Waals surface area contributed by atoms with Crippen LogP contribution in [0.15, 0.2) is 78.4 Å². The quantitative estimate of drug-likeness (QED) is 0.272. The molecule has 0 radical (unpaired) electrons. The van der Waals surface area contributed by atoms with Crippen LogP contribution in [-0.4, -0.2) is 25.0 Å². The molecular weight excluding hydrogens is 417 g/mol. The summed E-state index contributed by atoms with van der Waals surface area (Å²) in [4.78, 5) is 2.66. The van der Waals surface area contributed by atoms with Crippen molar-refractivity contribution >= 4 is 0 Å². The number of rotatable bonds is 6. The highest BCUT2D eigenvalue weighted by Gasteiger charge is 2.73. The summed E-state index contributed by atoms with van der Waals surface area (Å²) in [5.74, 6) is -15.0. The number of hydrogen-bond donors (Lipinski definition) is 0. The standard InChI is InChI=1S/C15H11F7O.C6H10O/c1-8(2)10-14(19,23-22)12(17)11(16)13(18,15(10,20)21)9-6-4-3-5-7-9;1-3-5-7-6-4-2/h3-7H,1-2H3;3-4H,1-2,5-6H2. The van der Waals surface area contributed by atoms with Crippen molar-refractivity contribution in [3.63, 3.8) is 0 Å². The van der Waals surface area contributed by atoms with E-state index in [0.29, 0.717) is 13.2 Å². The average molecular weight is 438 g/mol. The van der Waals surface area contributed by atoms with Crippen molar-refractivity contribution in [1.29, 1.82) is 0 Å². The summed E-state index contributed by atoms with van der Waals surface area (Å²) in [5.41, 5.74) is -7.90. The molecule has 1 aliphatic rings. The van der Waals surface area contributed by atoms with Gasteiger partial charge in [-0.15, -0.1) is 18.1 Å². The lowest BCUT2D eigenvalue weighted by molar-refractivity contribution is -0.288. The van der Waals surface area contributed by atoms with Crippen LogP contribution in [0.3, 0.4) is 0 Å². The van der Waals surface area contributed by atoms with Crippen molar-refractivity contribution in [2.75, 3.05) is 13.2 Å². The van der Waals surface area contributed by atoms with Crippen LogP contribution in [0.5, 0.6) is 0 Å². The Morgan fingerprint density at radius 3 is 1.83 bits per heavy atom. The highest BCUT2D eigenvalue weighted by Crippen LogP contribution is 2.61. The van der Waals surface area contributed by atoms with Crippen LogP contribution in [0.25, 0.3) is 0 Å². The second-order valence-corrected chi connectivity index (χ2v) is 6.39. The summed E-state index contributed by atoms with van der Waals surface area (Å²) in [6.45, 7) is 9.93. The van der Waals surface area contributed by atoms with Gasteiger partial charge in [-0.3, -0.25) is 0 Å². The Balaban J connectivity index is 0.000000553. The third-order valence-corrected chi connectivity index (χ3v) is 4.09. The van der Waals surface area contributed by atoms with E-state index < -0.39 is 45.8 Å². The molecule has 1 aromatic carbocycles. The molecule has 0 spiro atoms. The van der Waals surface area contributed by atoms with Crippen LogP contribution < -0.4 is 0 Å². The molecule has 30 heavy (non-hydrogen) atoms. The molecule has 1 aromatic rings. The molecule has 2 atom stereocenters. The van der Waals surface area contributed by atoms with Crippen molar-refractivity contribution in [1.82, 2.24) is 0 Å². The first kappa shape index (κ1) is 25.6. The zero-order valence-electron chi connectivity index (χ0n) is 16.3. The number of ether oxygens (including phenoxy) is 1. The third kappa shape index (κ3) is 4.37. The second kappa shape index (κ2) is 10.1. The molecule has 2 rings (SSSR count). The lowest BCUT2D eigenvalue weighted by Gasteiger charge is -2.42. The highest BCUT2D eigenvalue weighted by molar-refractivity contribution is 5.50. The number of benzene rings is 1. The van der Waals surface area contributed by atoms with Gasteiger partial charge in [0.1, 0.15) is 0 Å². The fourth-order valence-electron chi connectivity index (χ4n) is 2.83. The molecule has 0 bridgehead atoms. The monoisotopic (exact) mass is 438 g/mol. The van der Waals surface area contributed by atoms with Crippen LogP contribution in [-0.2, 0) is 15.3 Å². The molecule has 0 fully saturated rings. The van der Waals surface area contributed by atoms with Crippen LogP contribution in [0, 0.1) is 0 Å². The Hall–Kier alpha value is -2.39. The summed E-state index contributed by atoms with van der Waals surface area (Å²) in [7, 11) is 0. The van der Waals surface area contributed by atoms with E-state index in [4.69, 9.17) is 4.74 Å². The first-order valence-electron chi connectivity index (χ1n) is 8.61. The van der Waals surface area contributed by atoms with Crippen molar-refractivity contribution in [2.24, 2.45) is 0 Å². The molecule has 0 N–H and O–H groups in total. The average Bonchev–Trinajstić information content (AvgIpc) is 2.72. The van der Waals surface area contributed by atoms with E-state index in [0.717, 1.165) is 38.1 Å². The van der Waals surface area contributed by atoms with E-state index in [1.54, 1.807) is 12.2 Å². The minimum absolute atomic E-state index is 0.617. The van der Waals surface area contributed by atoms with Gasteiger partial charge >= 0.3 is 11.8 Å². The van der Waals surface area contributed by atoms with E-state index in [2.05, 4.69) is 18.1 Å². The lowest BCUT2D eigenvalue weighted by atomic mass is 9.75. The number of halogens is 7. The Labute approximate surface area is 169 Å². The van der Waals surface area contributed by atoms with E-state index in [9.17, 15) is 26.5 Å². The van der Waals surface area contributed by atoms with Crippen molar-refractivity contribution < 1.29 is 40.5 Å². The summed E-state index contributed by atoms with van der Waals surface area (Å²) in [6.07, 6.45) is 3.42. The molecule has 2 unspecified atom stereocenters. The molecule has 0 aliphatic heterocycles. The van der Waals surface area contributed by atoms with Gasteiger partial charge in [0.25, 0.3) is 5.67 Å². The molecule has 0 saturated heterocycles. The summed E-state index contributed by atoms with van der Waals surface area (Å²) in [6, 6.07) is 5.12. The van der Waals surface area contributed by atoms with Crippen LogP contribution in [0.4, 0.5) is 30.9 Å². The molecular formula is C21H21F7O2. The molecule has 2 nitrogen and oxygen atoms in total. The predicted octanol–water partition coefficient (Wildman–Crippen LogP) is 6.93. The molecule has 0 aromatic heterocycles. The second-order valence-electron chi connectivity index (χ2n) is 6.39. The Bertz CT molecular complexity index is 808. The summed E-state index contributed by atoms with van der Waals surface area (Å²) < 4.78 is 104. The minimum atomic E-state index is -4.94. The van der Waals surface area contributed by atoms with Crippen molar-refractivity contribution in [3.05, 3.63) is 84.0 Å². The number of alkyl halides is 4. The molecule has 1 aliphatic carbocycles. The molecule has 166 valence electrons. The summed E-state index contributed by atoms with van der Waals surface area (Å²) in [5, 5.41) is 0. The minimum Gasteiger partial charge on any atom is -0.373 e. The van der Waals surface area contributed by atoms with Gasteiger partial charge in [0.05, 0.1) is 18.8 Å². The van der Waals surface area contributed by atoms with E-state index in [-0.39, 0.29) is 0 Å². The Morgan fingerprint density at radius 2 is 1.43 bits per heavy atom. The van der Waals surface area contributed by atoms with Gasteiger partial charge in [0.15, 0.2) is 5.83 Å². The smallest absolute Gasteiger partial charge is 0.327 e. The van der Waals surface area contributed by atoms with Gasteiger partial charge < -0.3 is 4.74 Å². The van der Waals surface area contributed by atoms with Gasteiger partial charge in [-0.25, -0.2) is 13.2 Å². The fourth-order valence-corrected chi connectivity index (χ4v) is 2.83. The number of hydrogen-bond acceptors (Lipinski definition) is 2. The Morgan fingerprint density at radius 1 is 0.933 bits per heavy atom. The maximum Gasteiger partial charge on any atom is 0.327 e. The molecule has 9 heteroatoms. The molecule has 0 saturated carbocycles. The van der Waals surface area contributed by atoms with Gasteiger partial charge in [0.2, 0.25) is 5.83 Å². The Kier molecular flexibility index (Phi) is 8.62. The maximum absolute atomic E-state index is 15.0. The van der Waals surface area contributed by atoms with Crippen LogP contribution in [0.2, 0.25) is 0 Å². The lowest BCUT2D eigenvalue weighted by Crippen LogP contribution is -2.55. The topological polar surface area (TPSA) is 18.5 Å². The van der Waals surface area contributed by atoms with Gasteiger partial charge in [-0.1, -0.05) is 48.1 Å². The van der Waals surface area contributed by atoms with Crippen LogP contribution >= 0.6 is 0 Å². The van der Waals surface area contributed by atoms with E-state index in [1.807, 2.05) is 0 Å². The van der Waals surface area contributed by atoms with Crippen LogP contribution in [0.1, 0.15) is 19.4 Å². The van der Waals surface area contributed by atoms with Gasteiger partial charge in [-0.05, 0) is 18.4 Å². The molecule has 0 heterocycles. The predicted molar refractivity (Wildman–Crippen MR) is 99.0 cm³/mol. The van der Waals surface area contributed by atoms with Crippen molar-refractivity contribution in [3.8, 4) is 0 Å². The fraction of sp³-hybridized carbons (Fsp3) is 0.333. The first-order valence-corrected chi connectivity index (χ1v) is 8.61. The van der Waals surface area contributed by atoms with E-state index in [1.165, 1.54) is 6.07 Å². The van der Waals surface area contributed by atoms with Gasteiger partial charge in [-0.2, -0.15) is 13.2 Å². The highest BCUT2D eigenvalue weighted by atomic mass is 19.3. The van der Waals surface area contributed by atoms with Gasteiger partial charge in [0, 0.05) is 5.56 Å². The summed E-state index contributed by atoms with van der Waals surface area (Å²) >= 11 is 0. The largest absolute Gasteiger partial charge is 0.373 e. The molecule has 0 amide bonds. The first-order chi connectivity index (χ1) is 14.0.